The molecule has 1 saturated heterocycles. The fourth-order valence-corrected chi connectivity index (χ4v) is 1.96. The van der Waals surface area contributed by atoms with Crippen LogP contribution in [0.5, 0.6) is 0 Å². The number of hydrogen-bond acceptors (Lipinski definition) is 5. The van der Waals surface area contributed by atoms with E-state index < -0.39 is 0 Å². The Labute approximate surface area is 96.0 Å². The average molecular weight is 221 g/mol. The predicted molar refractivity (Wildman–Crippen MR) is 65.2 cm³/mol. The minimum absolute atomic E-state index is 0.460. The van der Waals surface area contributed by atoms with Crippen LogP contribution >= 0.6 is 0 Å². The lowest BCUT2D eigenvalue weighted by atomic mass is 10.1. The van der Waals surface area contributed by atoms with Crippen molar-refractivity contribution >= 4 is 11.6 Å². The second kappa shape index (κ2) is 5.65. The number of likely N-dealkylation sites (tertiary alicyclic amines) is 1. The van der Waals surface area contributed by atoms with E-state index in [4.69, 9.17) is 5.73 Å². The van der Waals surface area contributed by atoms with E-state index in [0.29, 0.717) is 5.82 Å². The summed E-state index contributed by atoms with van der Waals surface area (Å²) in [6.45, 7) is 4.45. The first-order chi connectivity index (χ1) is 7.84. The first-order valence-electron chi connectivity index (χ1n) is 5.90. The van der Waals surface area contributed by atoms with Crippen molar-refractivity contribution in [3.8, 4) is 0 Å². The second-order valence-corrected chi connectivity index (χ2v) is 4.17. The van der Waals surface area contributed by atoms with Crippen LogP contribution in [0.3, 0.4) is 0 Å². The fraction of sp³-hybridized carbons (Fsp3) is 0.636. The topological polar surface area (TPSA) is 67.1 Å². The van der Waals surface area contributed by atoms with Gasteiger partial charge in [0.25, 0.3) is 0 Å². The fourth-order valence-electron chi connectivity index (χ4n) is 1.96. The van der Waals surface area contributed by atoms with Crippen LogP contribution in [0.15, 0.2) is 12.1 Å². The number of hydrogen-bond donors (Lipinski definition) is 2. The number of aromatic nitrogens is 2. The lowest BCUT2D eigenvalue weighted by molar-refractivity contribution is 0.237. The third-order valence-corrected chi connectivity index (χ3v) is 2.87. The van der Waals surface area contributed by atoms with Crippen LogP contribution in [0.25, 0.3) is 0 Å². The van der Waals surface area contributed by atoms with Crippen molar-refractivity contribution in [2.24, 2.45) is 0 Å². The van der Waals surface area contributed by atoms with Crippen LogP contribution < -0.4 is 11.1 Å². The van der Waals surface area contributed by atoms with E-state index in [1.54, 1.807) is 6.07 Å². The molecule has 0 spiro atoms. The number of nitrogens with two attached hydrogens (primary N) is 1. The number of piperidine rings is 1. The molecule has 0 unspecified atom stereocenters. The zero-order valence-electron chi connectivity index (χ0n) is 9.52. The molecule has 0 saturated carbocycles. The van der Waals surface area contributed by atoms with Gasteiger partial charge in [-0.2, -0.15) is 0 Å². The van der Waals surface area contributed by atoms with Gasteiger partial charge in [-0.25, -0.2) is 0 Å². The van der Waals surface area contributed by atoms with Crippen molar-refractivity contribution in [3.63, 3.8) is 0 Å². The van der Waals surface area contributed by atoms with Gasteiger partial charge >= 0.3 is 0 Å². The summed E-state index contributed by atoms with van der Waals surface area (Å²) in [6, 6.07) is 3.62. The van der Waals surface area contributed by atoms with Crippen molar-refractivity contribution in [2.75, 3.05) is 37.2 Å². The van der Waals surface area contributed by atoms with Gasteiger partial charge in [-0.15, -0.1) is 10.2 Å². The standard InChI is InChI=1S/C11H19N5/c12-10-4-5-11(15-14-10)13-6-9-16-7-2-1-3-8-16/h4-5H,1-3,6-9H2,(H2,12,14)(H,13,15). The van der Waals surface area contributed by atoms with E-state index in [0.717, 1.165) is 18.9 Å². The number of anilines is 2. The lowest BCUT2D eigenvalue weighted by Crippen LogP contribution is -2.33. The quantitative estimate of drug-likeness (QED) is 0.792. The molecule has 1 fully saturated rings. The minimum Gasteiger partial charge on any atom is -0.382 e. The molecule has 0 amide bonds. The van der Waals surface area contributed by atoms with Crippen LogP contribution in [-0.4, -0.2) is 41.3 Å². The average Bonchev–Trinajstić information content (AvgIpc) is 2.33. The molecule has 1 aliphatic heterocycles. The first-order valence-corrected chi connectivity index (χ1v) is 5.90. The number of nitrogens with one attached hydrogen (secondary N) is 1. The van der Waals surface area contributed by atoms with Crippen LogP contribution in [0.2, 0.25) is 0 Å². The predicted octanol–water partition coefficient (Wildman–Crippen LogP) is 0.957. The molecule has 88 valence electrons. The summed E-state index contributed by atoms with van der Waals surface area (Å²) >= 11 is 0. The Bertz CT molecular complexity index is 305. The Kier molecular flexibility index (Phi) is 3.93. The monoisotopic (exact) mass is 221 g/mol. The summed E-state index contributed by atoms with van der Waals surface area (Å²) in [5.41, 5.74) is 5.46. The van der Waals surface area contributed by atoms with Crippen molar-refractivity contribution in [2.45, 2.75) is 19.3 Å². The van der Waals surface area contributed by atoms with E-state index in [1.165, 1.54) is 32.4 Å². The second-order valence-electron chi connectivity index (χ2n) is 4.17. The molecule has 3 N–H and O–H groups in total. The number of nitrogens with zero attached hydrogens (tertiary/aromatic N) is 3. The zero-order valence-corrected chi connectivity index (χ0v) is 9.52. The molecule has 0 aromatic carbocycles. The molecule has 2 rings (SSSR count). The van der Waals surface area contributed by atoms with E-state index in [9.17, 15) is 0 Å². The highest BCUT2D eigenvalue weighted by Gasteiger charge is 2.08. The molecule has 2 heterocycles. The Morgan fingerprint density at radius 2 is 2.00 bits per heavy atom. The van der Waals surface area contributed by atoms with E-state index >= 15 is 0 Å². The van der Waals surface area contributed by atoms with Crippen LogP contribution in [0, 0.1) is 0 Å². The molecule has 0 atom stereocenters. The van der Waals surface area contributed by atoms with Gasteiger partial charge in [0, 0.05) is 13.1 Å². The summed E-state index contributed by atoms with van der Waals surface area (Å²) in [4.78, 5) is 2.49. The van der Waals surface area contributed by atoms with Crippen LogP contribution in [0.4, 0.5) is 11.6 Å². The number of rotatable bonds is 4. The Hall–Kier alpha value is -1.36. The maximum Gasteiger partial charge on any atom is 0.148 e. The summed E-state index contributed by atoms with van der Waals surface area (Å²) in [6.07, 6.45) is 4.05. The van der Waals surface area contributed by atoms with Gasteiger partial charge in [-0.1, -0.05) is 6.42 Å². The van der Waals surface area contributed by atoms with Crippen molar-refractivity contribution < 1.29 is 0 Å². The van der Waals surface area contributed by atoms with Gasteiger partial charge in [0.1, 0.15) is 11.6 Å². The molecular weight excluding hydrogens is 202 g/mol. The zero-order chi connectivity index (χ0) is 11.2. The van der Waals surface area contributed by atoms with Crippen molar-refractivity contribution in [1.82, 2.24) is 15.1 Å². The molecule has 5 nitrogen and oxygen atoms in total. The maximum absolute atomic E-state index is 5.46. The minimum atomic E-state index is 0.460. The Morgan fingerprint density at radius 1 is 1.19 bits per heavy atom. The van der Waals surface area contributed by atoms with Gasteiger partial charge in [-0.05, 0) is 38.1 Å². The molecule has 1 aromatic rings. The van der Waals surface area contributed by atoms with Crippen LogP contribution in [0.1, 0.15) is 19.3 Å². The molecule has 1 aromatic heterocycles. The largest absolute Gasteiger partial charge is 0.382 e. The van der Waals surface area contributed by atoms with Crippen molar-refractivity contribution in [3.05, 3.63) is 12.1 Å². The molecule has 5 heteroatoms. The highest BCUT2D eigenvalue weighted by atomic mass is 15.2. The molecule has 1 aliphatic rings. The highest BCUT2D eigenvalue weighted by molar-refractivity contribution is 5.38. The van der Waals surface area contributed by atoms with E-state index in [-0.39, 0.29) is 0 Å². The molecule has 16 heavy (non-hydrogen) atoms. The molecule has 0 radical (unpaired) electrons. The maximum atomic E-state index is 5.46. The van der Waals surface area contributed by atoms with E-state index in [1.807, 2.05) is 6.07 Å². The summed E-state index contributed by atoms with van der Waals surface area (Å²) in [5.74, 6) is 1.26. The summed E-state index contributed by atoms with van der Waals surface area (Å²) in [7, 11) is 0. The van der Waals surface area contributed by atoms with Crippen LogP contribution in [-0.2, 0) is 0 Å². The summed E-state index contributed by atoms with van der Waals surface area (Å²) < 4.78 is 0. The van der Waals surface area contributed by atoms with Crippen molar-refractivity contribution in [1.29, 1.82) is 0 Å². The Morgan fingerprint density at radius 3 is 2.69 bits per heavy atom. The smallest absolute Gasteiger partial charge is 0.148 e. The summed E-state index contributed by atoms with van der Waals surface area (Å²) in [5, 5.41) is 11.0. The molecule has 0 aliphatic carbocycles. The first kappa shape index (κ1) is 11.1. The normalized spacial score (nSPS) is 17.2. The van der Waals surface area contributed by atoms with E-state index in [2.05, 4.69) is 20.4 Å². The Balaban J connectivity index is 1.69. The third-order valence-electron chi connectivity index (χ3n) is 2.87. The SMILES string of the molecule is Nc1ccc(NCCN2CCCCC2)nn1. The molecular formula is C11H19N5. The lowest BCUT2D eigenvalue weighted by Gasteiger charge is -2.26. The van der Waals surface area contributed by atoms with Gasteiger partial charge in [-0.3, -0.25) is 0 Å². The van der Waals surface area contributed by atoms with Gasteiger partial charge in [0.2, 0.25) is 0 Å². The van der Waals surface area contributed by atoms with Gasteiger partial charge < -0.3 is 16.0 Å². The highest BCUT2D eigenvalue weighted by Crippen LogP contribution is 2.08. The number of nitrogen functional groups attached to an aromatic ring is 1. The molecule has 0 bridgehead atoms. The van der Waals surface area contributed by atoms with Gasteiger partial charge in [0.15, 0.2) is 0 Å². The third kappa shape index (κ3) is 3.34. The van der Waals surface area contributed by atoms with Gasteiger partial charge in [0.05, 0.1) is 0 Å².